The van der Waals surface area contributed by atoms with Crippen LogP contribution in [0.15, 0.2) is 19.9 Å². The van der Waals surface area contributed by atoms with Crippen molar-refractivity contribution in [3.8, 4) is 0 Å². The molecule has 0 N–H and O–H groups in total. The highest BCUT2D eigenvalue weighted by atomic mass is 79.9. The van der Waals surface area contributed by atoms with Crippen LogP contribution in [0.2, 0.25) is 0 Å². The molecule has 14 heavy (non-hydrogen) atoms. The zero-order valence-corrected chi connectivity index (χ0v) is 11.4. The summed E-state index contributed by atoms with van der Waals surface area (Å²) >= 11 is 6.32. The highest BCUT2D eigenvalue weighted by Gasteiger charge is 2.21. The molecule has 0 aliphatic carbocycles. The van der Waals surface area contributed by atoms with Crippen LogP contribution in [0, 0.1) is 13.8 Å². The van der Waals surface area contributed by atoms with Gasteiger partial charge < -0.3 is 0 Å². The van der Waals surface area contributed by atoms with Gasteiger partial charge in [0, 0.05) is 8.95 Å². The van der Waals surface area contributed by atoms with Crippen molar-refractivity contribution in [2.45, 2.75) is 18.7 Å². The van der Waals surface area contributed by atoms with E-state index in [1.54, 1.807) is 19.9 Å². The Kier molecular flexibility index (Phi) is 3.38. The number of benzene rings is 1. The fourth-order valence-electron chi connectivity index (χ4n) is 1.19. The molecule has 1 rings (SSSR count). The summed E-state index contributed by atoms with van der Waals surface area (Å²) in [6.07, 6.45) is 0. The van der Waals surface area contributed by atoms with Gasteiger partial charge in [-0.05, 0) is 31.0 Å². The first-order valence-corrected chi connectivity index (χ1v) is 6.62. The second kappa shape index (κ2) is 3.90. The quantitative estimate of drug-likeness (QED) is 0.730. The van der Waals surface area contributed by atoms with Crippen molar-refractivity contribution in [3.05, 3.63) is 26.1 Å². The lowest BCUT2D eigenvalue weighted by molar-refractivity contribution is 0.550. The SMILES string of the molecule is Cc1c(Br)cc(Br)c(C)c1S(=O)(=O)F. The summed E-state index contributed by atoms with van der Waals surface area (Å²) in [7, 11) is -4.67. The van der Waals surface area contributed by atoms with Crippen LogP contribution in [0.5, 0.6) is 0 Å². The van der Waals surface area contributed by atoms with Crippen molar-refractivity contribution >= 4 is 42.1 Å². The van der Waals surface area contributed by atoms with Gasteiger partial charge >= 0.3 is 10.2 Å². The Hall–Kier alpha value is 0.0600. The molecule has 0 aliphatic heterocycles. The van der Waals surface area contributed by atoms with E-state index in [4.69, 9.17) is 0 Å². The van der Waals surface area contributed by atoms with Crippen molar-refractivity contribution < 1.29 is 12.3 Å². The molecule has 0 saturated heterocycles. The van der Waals surface area contributed by atoms with Gasteiger partial charge in [-0.1, -0.05) is 31.9 Å². The molecule has 0 amide bonds. The van der Waals surface area contributed by atoms with Crippen molar-refractivity contribution in [2.75, 3.05) is 0 Å². The lowest BCUT2D eigenvalue weighted by Gasteiger charge is -2.09. The van der Waals surface area contributed by atoms with Crippen LogP contribution in [0.4, 0.5) is 3.89 Å². The van der Waals surface area contributed by atoms with E-state index in [1.165, 1.54) is 0 Å². The normalized spacial score (nSPS) is 11.8. The second-order valence-corrected chi connectivity index (χ2v) is 5.85. The minimum Gasteiger partial charge on any atom is -0.189 e. The molecule has 0 aromatic heterocycles. The first kappa shape index (κ1) is 12.1. The molecule has 0 saturated carbocycles. The summed E-state index contributed by atoms with van der Waals surface area (Å²) in [5.74, 6) is 0. The molecule has 2 nitrogen and oxygen atoms in total. The van der Waals surface area contributed by atoms with Gasteiger partial charge in [-0.3, -0.25) is 0 Å². The van der Waals surface area contributed by atoms with E-state index in [0.29, 0.717) is 20.1 Å². The van der Waals surface area contributed by atoms with Crippen LogP contribution in [-0.2, 0) is 10.2 Å². The minimum atomic E-state index is -4.67. The molecule has 1 aromatic carbocycles. The standard InChI is InChI=1S/C8H7Br2FO2S/c1-4-6(9)3-7(10)5(2)8(4)14(11,12)13/h3H,1-2H3. The molecular formula is C8H7Br2FO2S. The molecule has 0 spiro atoms. The minimum absolute atomic E-state index is 0.265. The van der Waals surface area contributed by atoms with E-state index >= 15 is 0 Å². The van der Waals surface area contributed by atoms with Crippen molar-refractivity contribution in [1.82, 2.24) is 0 Å². The molecule has 1 aromatic rings. The van der Waals surface area contributed by atoms with Crippen molar-refractivity contribution in [3.63, 3.8) is 0 Å². The average molecular weight is 346 g/mol. The average Bonchev–Trinajstić information content (AvgIpc) is 1.98. The van der Waals surface area contributed by atoms with Crippen LogP contribution in [0.25, 0.3) is 0 Å². The monoisotopic (exact) mass is 344 g/mol. The molecule has 0 unspecified atom stereocenters. The number of hydrogen-bond donors (Lipinski definition) is 0. The van der Waals surface area contributed by atoms with E-state index in [1.807, 2.05) is 0 Å². The first-order chi connectivity index (χ1) is 6.25. The molecule has 0 aliphatic rings. The largest absolute Gasteiger partial charge is 0.332 e. The fraction of sp³-hybridized carbons (Fsp3) is 0.250. The van der Waals surface area contributed by atoms with Crippen LogP contribution in [0.3, 0.4) is 0 Å². The lowest BCUT2D eigenvalue weighted by atomic mass is 10.2. The van der Waals surface area contributed by atoms with Gasteiger partial charge in [-0.2, -0.15) is 8.42 Å². The van der Waals surface area contributed by atoms with E-state index in [0.717, 1.165) is 0 Å². The van der Waals surface area contributed by atoms with E-state index < -0.39 is 10.2 Å². The predicted molar refractivity (Wildman–Crippen MR) is 59.6 cm³/mol. The van der Waals surface area contributed by atoms with Gasteiger partial charge in [0.25, 0.3) is 0 Å². The Balaban J connectivity index is 3.74. The highest BCUT2D eigenvalue weighted by molar-refractivity contribution is 9.11. The molecule has 0 atom stereocenters. The Morgan fingerprint density at radius 2 is 1.50 bits per heavy atom. The summed E-state index contributed by atoms with van der Waals surface area (Å²) in [5, 5.41) is 0. The third-order valence-electron chi connectivity index (χ3n) is 1.89. The summed E-state index contributed by atoms with van der Waals surface area (Å²) in [5.41, 5.74) is 0.765. The maximum atomic E-state index is 12.9. The molecule has 78 valence electrons. The highest BCUT2D eigenvalue weighted by Crippen LogP contribution is 2.33. The maximum absolute atomic E-state index is 12.9. The predicted octanol–water partition coefficient (Wildman–Crippen LogP) is 3.49. The summed E-state index contributed by atoms with van der Waals surface area (Å²) in [6, 6.07) is 1.69. The number of halogens is 3. The topological polar surface area (TPSA) is 34.1 Å². The van der Waals surface area contributed by atoms with Crippen molar-refractivity contribution in [2.24, 2.45) is 0 Å². The smallest absolute Gasteiger partial charge is 0.189 e. The van der Waals surface area contributed by atoms with E-state index in [2.05, 4.69) is 31.9 Å². The van der Waals surface area contributed by atoms with Gasteiger partial charge in [-0.15, -0.1) is 3.89 Å². The van der Waals surface area contributed by atoms with Crippen LogP contribution < -0.4 is 0 Å². The van der Waals surface area contributed by atoms with Gasteiger partial charge in [-0.25, -0.2) is 0 Å². The molecule has 0 fully saturated rings. The van der Waals surface area contributed by atoms with Gasteiger partial charge in [0.05, 0.1) is 0 Å². The Morgan fingerprint density at radius 3 is 1.79 bits per heavy atom. The molecule has 0 heterocycles. The van der Waals surface area contributed by atoms with Crippen LogP contribution >= 0.6 is 31.9 Å². The van der Waals surface area contributed by atoms with Gasteiger partial charge in [0.1, 0.15) is 4.90 Å². The summed E-state index contributed by atoms with van der Waals surface area (Å²) in [6.45, 7) is 3.10. The van der Waals surface area contributed by atoms with Gasteiger partial charge in [0.15, 0.2) is 0 Å². The summed E-state index contributed by atoms with van der Waals surface area (Å²) in [4.78, 5) is -0.265. The number of hydrogen-bond acceptors (Lipinski definition) is 2. The lowest BCUT2D eigenvalue weighted by Crippen LogP contribution is -2.00. The molecular weight excluding hydrogens is 339 g/mol. The second-order valence-electron chi connectivity index (χ2n) is 2.86. The molecule has 6 heteroatoms. The Labute approximate surface area is 99.0 Å². The molecule has 0 radical (unpaired) electrons. The zero-order chi connectivity index (χ0) is 11.1. The summed E-state index contributed by atoms with van der Waals surface area (Å²) < 4.78 is 35.8. The van der Waals surface area contributed by atoms with E-state index in [9.17, 15) is 12.3 Å². The number of rotatable bonds is 1. The molecule has 0 bridgehead atoms. The van der Waals surface area contributed by atoms with Crippen LogP contribution in [0.1, 0.15) is 11.1 Å². The zero-order valence-electron chi connectivity index (χ0n) is 7.44. The maximum Gasteiger partial charge on any atom is 0.332 e. The Morgan fingerprint density at radius 1 is 1.14 bits per heavy atom. The fourth-order valence-corrected chi connectivity index (χ4v) is 3.57. The van der Waals surface area contributed by atoms with Crippen LogP contribution in [-0.4, -0.2) is 8.42 Å². The van der Waals surface area contributed by atoms with Crippen molar-refractivity contribution in [1.29, 1.82) is 0 Å². The third-order valence-corrected chi connectivity index (χ3v) is 4.64. The first-order valence-electron chi connectivity index (χ1n) is 3.65. The third kappa shape index (κ3) is 2.17. The Bertz CT molecular complexity index is 456. The van der Waals surface area contributed by atoms with E-state index in [-0.39, 0.29) is 4.90 Å². The van der Waals surface area contributed by atoms with Gasteiger partial charge in [0.2, 0.25) is 0 Å².